The Kier molecular flexibility index (Phi) is 4.24. The van der Waals surface area contributed by atoms with Gasteiger partial charge in [0.25, 0.3) is 5.91 Å². The maximum absolute atomic E-state index is 13.4. The minimum absolute atomic E-state index is 0.288. The number of rotatable bonds is 3. The second-order valence-electron chi connectivity index (χ2n) is 6.87. The van der Waals surface area contributed by atoms with Crippen molar-refractivity contribution in [3.8, 4) is 17.0 Å². The largest absolute Gasteiger partial charge is 0.493 e. The fourth-order valence-electron chi connectivity index (χ4n) is 3.44. The van der Waals surface area contributed by atoms with Crippen LogP contribution < -0.4 is 10.1 Å². The molecular formula is C22H16FN3O2S. The lowest BCUT2D eigenvalue weighted by molar-refractivity contribution is 0.102. The van der Waals surface area contributed by atoms with Crippen molar-refractivity contribution in [1.29, 1.82) is 0 Å². The predicted molar refractivity (Wildman–Crippen MR) is 111 cm³/mol. The Morgan fingerprint density at radius 3 is 2.97 bits per heavy atom. The molecule has 29 heavy (non-hydrogen) atoms. The highest BCUT2D eigenvalue weighted by Gasteiger charge is 2.16. The van der Waals surface area contributed by atoms with E-state index < -0.39 is 0 Å². The van der Waals surface area contributed by atoms with E-state index in [-0.39, 0.29) is 11.7 Å². The molecule has 1 N–H and O–H groups in total. The third-order valence-electron chi connectivity index (χ3n) is 4.92. The average Bonchev–Trinajstić information content (AvgIpc) is 3.35. The molecule has 0 fully saturated rings. The van der Waals surface area contributed by atoms with E-state index in [4.69, 9.17) is 4.74 Å². The van der Waals surface area contributed by atoms with Crippen LogP contribution in [0.15, 0.2) is 47.8 Å². The standard InChI is InChI=1S/C22H16FN3O2S/c1-12-17(9-14-2-4-16(23)10-18(14)24-12)21(27)26-22-25-19(11-29-22)13-3-5-20-15(8-13)6-7-28-20/h2-5,8-11H,6-7H2,1H3,(H,25,26,27). The topological polar surface area (TPSA) is 64.1 Å². The fraction of sp³-hybridized carbons (Fsp3) is 0.136. The van der Waals surface area contributed by atoms with Gasteiger partial charge in [0, 0.05) is 28.8 Å². The van der Waals surface area contributed by atoms with Crippen LogP contribution in [-0.2, 0) is 6.42 Å². The molecule has 5 rings (SSSR count). The van der Waals surface area contributed by atoms with E-state index in [1.54, 1.807) is 19.1 Å². The number of aryl methyl sites for hydroxylation is 1. The van der Waals surface area contributed by atoms with Crippen LogP contribution in [0.5, 0.6) is 5.75 Å². The van der Waals surface area contributed by atoms with E-state index in [0.717, 1.165) is 23.4 Å². The predicted octanol–water partition coefficient (Wildman–Crippen LogP) is 4.99. The number of nitrogens with one attached hydrogen (secondary N) is 1. The zero-order chi connectivity index (χ0) is 20.0. The highest BCUT2D eigenvalue weighted by atomic mass is 32.1. The van der Waals surface area contributed by atoms with Crippen LogP contribution in [-0.4, -0.2) is 22.5 Å². The van der Waals surface area contributed by atoms with Gasteiger partial charge in [-0.2, -0.15) is 0 Å². The molecule has 144 valence electrons. The number of carbonyl (C=O) groups is 1. The summed E-state index contributed by atoms with van der Waals surface area (Å²) in [5.41, 5.74) is 4.48. The minimum atomic E-state index is -0.352. The van der Waals surface area contributed by atoms with E-state index in [9.17, 15) is 9.18 Å². The molecule has 5 nitrogen and oxygen atoms in total. The van der Waals surface area contributed by atoms with Crippen molar-refractivity contribution in [2.75, 3.05) is 11.9 Å². The first-order valence-electron chi connectivity index (χ1n) is 9.17. The lowest BCUT2D eigenvalue weighted by Crippen LogP contribution is -2.14. The number of ether oxygens (including phenoxy) is 1. The molecule has 1 amide bonds. The van der Waals surface area contributed by atoms with Gasteiger partial charge in [0.05, 0.1) is 29.1 Å². The van der Waals surface area contributed by atoms with E-state index in [1.165, 1.54) is 29.0 Å². The summed E-state index contributed by atoms with van der Waals surface area (Å²) >= 11 is 1.37. The van der Waals surface area contributed by atoms with E-state index in [1.807, 2.05) is 17.5 Å². The molecule has 3 heterocycles. The summed E-state index contributed by atoms with van der Waals surface area (Å²) in [6.45, 7) is 2.45. The Bertz CT molecular complexity index is 1270. The fourth-order valence-corrected chi connectivity index (χ4v) is 4.16. The number of aromatic nitrogens is 2. The molecule has 0 unspecified atom stereocenters. The van der Waals surface area contributed by atoms with Gasteiger partial charge < -0.3 is 4.74 Å². The summed E-state index contributed by atoms with van der Waals surface area (Å²) in [4.78, 5) is 21.7. The number of hydrogen-bond acceptors (Lipinski definition) is 5. The SMILES string of the molecule is Cc1nc2cc(F)ccc2cc1C(=O)Nc1nc(-c2ccc3c(c2)CCO3)cs1. The van der Waals surface area contributed by atoms with Gasteiger partial charge in [-0.05, 0) is 48.9 Å². The molecule has 0 saturated carbocycles. The number of benzene rings is 2. The molecule has 7 heteroatoms. The molecule has 0 bridgehead atoms. The minimum Gasteiger partial charge on any atom is -0.493 e. The molecule has 0 spiro atoms. The lowest BCUT2D eigenvalue weighted by atomic mass is 10.1. The first kappa shape index (κ1) is 17.8. The van der Waals surface area contributed by atoms with Crippen molar-refractivity contribution in [3.05, 3.63) is 70.5 Å². The quantitative estimate of drug-likeness (QED) is 0.521. The Morgan fingerprint density at radius 2 is 2.07 bits per heavy atom. The van der Waals surface area contributed by atoms with Crippen molar-refractivity contribution >= 4 is 33.3 Å². The number of hydrogen-bond donors (Lipinski definition) is 1. The Labute approximate surface area is 170 Å². The zero-order valence-electron chi connectivity index (χ0n) is 15.5. The molecule has 2 aromatic carbocycles. The molecule has 4 aromatic rings. The number of thiazole rings is 1. The van der Waals surface area contributed by atoms with Crippen LogP contribution in [0.3, 0.4) is 0 Å². The Hall–Kier alpha value is -3.32. The second-order valence-corrected chi connectivity index (χ2v) is 7.73. The van der Waals surface area contributed by atoms with Gasteiger partial charge in [-0.1, -0.05) is 0 Å². The number of nitrogens with zero attached hydrogens (tertiary/aromatic N) is 2. The monoisotopic (exact) mass is 405 g/mol. The zero-order valence-corrected chi connectivity index (χ0v) is 16.3. The number of anilines is 1. The molecule has 1 aliphatic rings. The van der Waals surface area contributed by atoms with Crippen molar-refractivity contribution < 1.29 is 13.9 Å². The van der Waals surface area contributed by atoms with Crippen LogP contribution in [0.4, 0.5) is 9.52 Å². The van der Waals surface area contributed by atoms with E-state index in [0.29, 0.717) is 33.9 Å². The number of halogens is 1. The molecule has 1 aliphatic heterocycles. The third-order valence-corrected chi connectivity index (χ3v) is 5.68. The van der Waals surface area contributed by atoms with Gasteiger partial charge in [-0.3, -0.25) is 15.1 Å². The van der Waals surface area contributed by atoms with Crippen molar-refractivity contribution in [1.82, 2.24) is 9.97 Å². The summed E-state index contributed by atoms with van der Waals surface area (Å²) < 4.78 is 18.9. The van der Waals surface area contributed by atoms with Crippen molar-refractivity contribution in [2.24, 2.45) is 0 Å². The summed E-state index contributed by atoms with van der Waals surface area (Å²) in [6, 6.07) is 12.1. The Balaban J connectivity index is 1.40. The van der Waals surface area contributed by atoms with Crippen LogP contribution in [0.25, 0.3) is 22.2 Å². The summed E-state index contributed by atoms with van der Waals surface area (Å²) in [7, 11) is 0. The van der Waals surface area contributed by atoms with Crippen molar-refractivity contribution in [3.63, 3.8) is 0 Å². The number of amides is 1. The summed E-state index contributed by atoms with van der Waals surface area (Å²) in [5.74, 6) is 0.288. The molecule has 0 saturated heterocycles. The average molecular weight is 405 g/mol. The summed E-state index contributed by atoms with van der Waals surface area (Å²) in [6.07, 6.45) is 0.898. The smallest absolute Gasteiger partial charge is 0.259 e. The summed E-state index contributed by atoms with van der Waals surface area (Å²) in [5, 5.41) is 5.99. The normalized spacial score (nSPS) is 12.6. The number of fused-ring (bicyclic) bond motifs is 2. The van der Waals surface area contributed by atoms with E-state index in [2.05, 4.69) is 21.4 Å². The lowest BCUT2D eigenvalue weighted by Gasteiger charge is -2.07. The van der Waals surface area contributed by atoms with Gasteiger partial charge in [-0.15, -0.1) is 11.3 Å². The van der Waals surface area contributed by atoms with Gasteiger partial charge in [0.2, 0.25) is 0 Å². The van der Waals surface area contributed by atoms with Crippen LogP contribution in [0.2, 0.25) is 0 Å². The molecule has 0 aliphatic carbocycles. The number of carbonyl (C=O) groups excluding carboxylic acids is 1. The molecule has 0 radical (unpaired) electrons. The second kappa shape index (κ2) is 6.93. The highest BCUT2D eigenvalue weighted by molar-refractivity contribution is 7.14. The van der Waals surface area contributed by atoms with Gasteiger partial charge >= 0.3 is 0 Å². The van der Waals surface area contributed by atoms with Crippen LogP contribution >= 0.6 is 11.3 Å². The number of pyridine rings is 1. The van der Waals surface area contributed by atoms with Crippen molar-refractivity contribution in [2.45, 2.75) is 13.3 Å². The van der Waals surface area contributed by atoms with E-state index >= 15 is 0 Å². The molecular weight excluding hydrogens is 389 g/mol. The van der Waals surface area contributed by atoms with Gasteiger partial charge in [-0.25, -0.2) is 9.37 Å². The maximum Gasteiger partial charge on any atom is 0.259 e. The third kappa shape index (κ3) is 3.34. The Morgan fingerprint density at radius 1 is 1.17 bits per heavy atom. The van der Waals surface area contributed by atoms with Gasteiger partial charge in [0.1, 0.15) is 11.6 Å². The van der Waals surface area contributed by atoms with Crippen LogP contribution in [0, 0.1) is 12.7 Å². The molecule has 0 atom stereocenters. The highest BCUT2D eigenvalue weighted by Crippen LogP contribution is 2.32. The van der Waals surface area contributed by atoms with Crippen LogP contribution in [0.1, 0.15) is 21.6 Å². The molecule has 2 aromatic heterocycles. The maximum atomic E-state index is 13.4. The van der Waals surface area contributed by atoms with Gasteiger partial charge in [0.15, 0.2) is 5.13 Å². The first-order chi connectivity index (χ1) is 14.1. The first-order valence-corrected chi connectivity index (χ1v) is 10.0.